The van der Waals surface area contributed by atoms with Gasteiger partial charge in [0.15, 0.2) is 0 Å². The Kier molecular flexibility index (Phi) is 4.29. The van der Waals surface area contributed by atoms with Crippen molar-refractivity contribution < 1.29 is 22.7 Å². The van der Waals surface area contributed by atoms with Crippen LogP contribution in [0.1, 0.15) is 36.2 Å². The lowest BCUT2D eigenvalue weighted by molar-refractivity contribution is 0.0656. The van der Waals surface area contributed by atoms with Gasteiger partial charge in [0.1, 0.15) is 0 Å². The molecule has 6 nitrogen and oxygen atoms in total. The van der Waals surface area contributed by atoms with Crippen molar-refractivity contribution in [2.24, 2.45) is 0 Å². The maximum absolute atomic E-state index is 12.5. The number of sulfonamides is 1. The Balaban J connectivity index is 2.33. The van der Waals surface area contributed by atoms with E-state index in [1.165, 1.54) is 16.4 Å². The van der Waals surface area contributed by atoms with Crippen molar-refractivity contribution in [1.82, 2.24) is 4.31 Å². The van der Waals surface area contributed by atoms with E-state index in [0.29, 0.717) is 0 Å². The molecule has 0 amide bonds. The number of furan rings is 1. The van der Waals surface area contributed by atoms with Gasteiger partial charge in [-0.3, -0.25) is 0 Å². The lowest BCUT2D eigenvalue weighted by Gasteiger charge is -2.25. The monoisotopic (exact) mass is 299 g/mol. The predicted octanol–water partition coefficient (Wildman–Crippen LogP) is 2.10. The Morgan fingerprint density at radius 1 is 1.45 bits per heavy atom. The van der Waals surface area contributed by atoms with E-state index in [-0.39, 0.29) is 23.4 Å². The van der Waals surface area contributed by atoms with Gasteiger partial charge >= 0.3 is 5.97 Å². The first kappa shape index (κ1) is 14.8. The van der Waals surface area contributed by atoms with Crippen LogP contribution in [0.4, 0.5) is 0 Å². The van der Waals surface area contributed by atoms with Gasteiger partial charge in [-0.2, -0.15) is 4.31 Å². The molecule has 1 saturated carbocycles. The van der Waals surface area contributed by atoms with Crippen LogP contribution in [0, 0.1) is 0 Å². The average molecular weight is 299 g/mol. The molecule has 0 radical (unpaired) electrons. The second-order valence-corrected chi connectivity index (χ2v) is 6.55. The molecule has 1 aromatic rings. The van der Waals surface area contributed by atoms with Crippen molar-refractivity contribution in [3.8, 4) is 0 Å². The smallest absolute Gasteiger partial charge is 0.371 e. The van der Waals surface area contributed by atoms with Crippen LogP contribution >= 0.6 is 0 Å². The Labute approximate surface area is 117 Å². The zero-order valence-electron chi connectivity index (χ0n) is 11.0. The number of hydrogen-bond donors (Lipinski definition) is 1. The summed E-state index contributed by atoms with van der Waals surface area (Å²) < 4.78 is 31.4. The molecule has 2 rings (SSSR count). The van der Waals surface area contributed by atoms with Crippen molar-refractivity contribution in [1.29, 1.82) is 0 Å². The van der Waals surface area contributed by atoms with Crippen LogP contribution in [-0.2, 0) is 10.0 Å². The summed E-state index contributed by atoms with van der Waals surface area (Å²) in [6.07, 6.45) is 5.12. The lowest BCUT2D eigenvalue weighted by atomic mass is 10.2. The fourth-order valence-corrected chi connectivity index (χ4v) is 4.02. The predicted molar refractivity (Wildman–Crippen MR) is 72.0 cm³/mol. The summed E-state index contributed by atoms with van der Waals surface area (Å²) >= 11 is 0. The molecule has 0 aliphatic heterocycles. The van der Waals surface area contributed by atoms with Gasteiger partial charge < -0.3 is 9.52 Å². The molecule has 110 valence electrons. The molecule has 0 bridgehead atoms. The first-order chi connectivity index (χ1) is 9.46. The normalized spacial score (nSPS) is 16.6. The van der Waals surface area contributed by atoms with E-state index >= 15 is 0 Å². The highest BCUT2D eigenvalue weighted by Gasteiger charge is 2.34. The molecule has 1 aromatic heterocycles. The van der Waals surface area contributed by atoms with Gasteiger partial charge in [0.05, 0.1) is 0 Å². The fraction of sp³-hybridized carbons (Fsp3) is 0.462. The number of hydrogen-bond acceptors (Lipinski definition) is 4. The summed E-state index contributed by atoms with van der Waals surface area (Å²) in [7, 11) is -3.83. The molecule has 1 heterocycles. The fourth-order valence-electron chi connectivity index (χ4n) is 2.45. The third-order valence-electron chi connectivity index (χ3n) is 3.40. The van der Waals surface area contributed by atoms with Gasteiger partial charge in [-0.1, -0.05) is 18.9 Å². The van der Waals surface area contributed by atoms with Crippen molar-refractivity contribution >= 4 is 16.0 Å². The molecular formula is C13H17NO5S. The minimum atomic E-state index is -3.83. The Bertz CT molecular complexity index is 598. The lowest BCUT2D eigenvalue weighted by Crippen LogP contribution is -2.38. The summed E-state index contributed by atoms with van der Waals surface area (Å²) in [6, 6.07) is 2.26. The van der Waals surface area contributed by atoms with Gasteiger partial charge in [0.25, 0.3) is 10.0 Å². The van der Waals surface area contributed by atoms with E-state index in [2.05, 4.69) is 6.58 Å². The number of carboxylic acid groups (broad SMARTS) is 1. The highest BCUT2D eigenvalue weighted by molar-refractivity contribution is 7.89. The molecule has 7 heteroatoms. The molecule has 1 fully saturated rings. The summed E-state index contributed by atoms with van der Waals surface area (Å²) in [5.41, 5.74) is 0. The molecule has 1 N–H and O–H groups in total. The van der Waals surface area contributed by atoms with Crippen molar-refractivity contribution in [2.45, 2.75) is 36.8 Å². The molecular weight excluding hydrogens is 282 g/mol. The van der Waals surface area contributed by atoms with Crippen LogP contribution in [0.3, 0.4) is 0 Å². The summed E-state index contributed by atoms with van der Waals surface area (Å²) in [6.45, 7) is 3.77. The van der Waals surface area contributed by atoms with Gasteiger partial charge in [-0.05, 0) is 25.0 Å². The summed E-state index contributed by atoms with van der Waals surface area (Å²) in [5.74, 6) is -1.67. The first-order valence-corrected chi connectivity index (χ1v) is 7.86. The number of aromatic carboxylic acids is 1. The average Bonchev–Trinajstić information content (AvgIpc) is 3.06. The van der Waals surface area contributed by atoms with Crippen molar-refractivity contribution in [3.63, 3.8) is 0 Å². The van der Waals surface area contributed by atoms with Gasteiger partial charge in [-0.15, -0.1) is 6.58 Å². The minimum absolute atomic E-state index is 0.0728. The number of rotatable bonds is 6. The maximum atomic E-state index is 12.5. The van der Waals surface area contributed by atoms with E-state index in [1.54, 1.807) is 0 Å². The zero-order chi connectivity index (χ0) is 14.8. The van der Waals surface area contributed by atoms with Crippen molar-refractivity contribution in [3.05, 3.63) is 30.5 Å². The molecule has 0 unspecified atom stereocenters. The molecule has 0 aromatic carbocycles. The molecule has 0 saturated heterocycles. The second-order valence-electron chi connectivity index (χ2n) is 4.73. The van der Waals surface area contributed by atoms with E-state index < -0.39 is 16.0 Å². The zero-order valence-corrected chi connectivity index (χ0v) is 11.8. The van der Waals surface area contributed by atoms with Crippen LogP contribution in [-0.4, -0.2) is 36.4 Å². The van der Waals surface area contributed by atoms with Crippen molar-refractivity contribution in [2.75, 3.05) is 6.54 Å². The molecule has 0 atom stereocenters. The number of nitrogens with zero attached hydrogens (tertiary/aromatic N) is 1. The second kappa shape index (κ2) is 5.80. The molecule has 1 aliphatic carbocycles. The van der Waals surface area contributed by atoms with Gasteiger partial charge in [-0.25, -0.2) is 13.2 Å². The summed E-state index contributed by atoms with van der Waals surface area (Å²) in [5, 5.41) is 8.47. The quantitative estimate of drug-likeness (QED) is 0.813. The Morgan fingerprint density at radius 3 is 2.60 bits per heavy atom. The highest BCUT2D eigenvalue weighted by atomic mass is 32.2. The SMILES string of the molecule is C=CCN(C1CCCC1)S(=O)(=O)c1ccc(C(=O)O)o1. The van der Waals surface area contributed by atoms with E-state index in [4.69, 9.17) is 9.52 Å². The Morgan fingerprint density at radius 2 is 2.10 bits per heavy atom. The van der Waals surface area contributed by atoms with E-state index in [0.717, 1.165) is 31.7 Å². The third-order valence-corrected chi connectivity index (χ3v) is 5.19. The minimum Gasteiger partial charge on any atom is -0.475 e. The maximum Gasteiger partial charge on any atom is 0.371 e. The number of carboxylic acids is 1. The molecule has 0 spiro atoms. The topological polar surface area (TPSA) is 87.8 Å². The van der Waals surface area contributed by atoms with Crippen LogP contribution in [0.5, 0.6) is 0 Å². The first-order valence-electron chi connectivity index (χ1n) is 6.42. The van der Waals surface area contributed by atoms with E-state index in [1.807, 2.05) is 0 Å². The van der Waals surface area contributed by atoms with E-state index in [9.17, 15) is 13.2 Å². The van der Waals surface area contributed by atoms with Crippen LogP contribution in [0.25, 0.3) is 0 Å². The summed E-state index contributed by atoms with van der Waals surface area (Å²) in [4.78, 5) is 10.8. The largest absolute Gasteiger partial charge is 0.475 e. The van der Waals surface area contributed by atoms with Crippen LogP contribution in [0.15, 0.2) is 34.3 Å². The third kappa shape index (κ3) is 2.78. The standard InChI is InChI=1S/C13H17NO5S/c1-2-9-14(10-5-3-4-6-10)20(17,18)12-8-7-11(19-12)13(15)16/h2,7-8,10H,1,3-6,9H2,(H,15,16). The van der Waals surface area contributed by atoms with Crippen LogP contribution in [0.2, 0.25) is 0 Å². The highest BCUT2D eigenvalue weighted by Crippen LogP contribution is 2.29. The Hall–Kier alpha value is -1.60. The molecule has 1 aliphatic rings. The molecule has 20 heavy (non-hydrogen) atoms. The van der Waals surface area contributed by atoms with Gasteiger partial charge in [0, 0.05) is 12.6 Å². The van der Waals surface area contributed by atoms with Crippen LogP contribution < -0.4 is 0 Å². The van der Waals surface area contributed by atoms with Gasteiger partial charge in [0.2, 0.25) is 10.9 Å². The number of carbonyl (C=O) groups is 1.